The second-order valence-electron chi connectivity index (χ2n) is 2.69. The van der Waals surface area contributed by atoms with E-state index in [1.807, 2.05) is 0 Å². The summed E-state index contributed by atoms with van der Waals surface area (Å²) in [6, 6.07) is 0. The maximum atomic E-state index is 6.15. The molecule has 0 aliphatic heterocycles. The first kappa shape index (κ1) is 9.09. The molecule has 49 valence electrons. The van der Waals surface area contributed by atoms with Crippen LogP contribution in [0.25, 0.3) is 0 Å². The first-order valence-corrected chi connectivity index (χ1v) is 9.99. The summed E-state index contributed by atoms with van der Waals surface area (Å²) in [6.45, 7) is 8.95. The van der Waals surface area contributed by atoms with Crippen molar-refractivity contribution >= 4 is 27.6 Å². The monoisotopic (exact) mass is 241 g/mol. The van der Waals surface area contributed by atoms with Crippen LogP contribution < -0.4 is 0 Å². The molecule has 0 rings (SSSR count). The van der Waals surface area contributed by atoms with Gasteiger partial charge < -0.3 is 0 Å². The fraction of sp³-hybridized carbons (Fsp3) is 1.00. The summed E-state index contributed by atoms with van der Waals surface area (Å²) in [5.41, 5.74) is 0. The molecule has 0 aromatic rings. The van der Waals surface area contributed by atoms with Gasteiger partial charge in [-0.1, -0.05) is 0 Å². The standard InChI is InChI=1S/2C3H7.ClH.Sn/c2*1-3-2;;/h2*3H,1-2H3;1H;/q;;;+1/p-1. The van der Waals surface area contributed by atoms with Gasteiger partial charge in [0.25, 0.3) is 0 Å². The van der Waals surface area contributed by atoms with Crippen LogP contribution in [0.3, 0.4) is 0 Å². The molecule has 0 unspecified atom stereocenters. The Balaban J connectivity index is 3.46. The Morgan fingerprint density at radius 2 is 1.25 bits per heavy atom. The zero-order valence-corrected chi connectivity index (χ0v) is 9.64. The summed E-state index contributed by atoms with van der Waals surface area (Å²) in [5.74, 6) is 0. The van der Waals surface area contributed by atoms with Crippen molar-refractivity contribution in [3.05, 3.63) is 0 Å². The van der Waals surface area contributed by atoms with E-state index in [1.165, 1.54) is 0 Å². The van der Waals surface area contributed by atoms with Crippen LogP contribution >= 0.6 is 8.92 Å². The van der Waals surface area contributed by atoms with Gasteiger partial charge in [0.2, 0.25) is 0 Å². The Hall–Kier alpha value is 1.09. The third-order valence-corrected chi connectivity index (χ3v) is 13.3. The summed E-state index contributed by atoms with van der Waals surface area (Å²) in [7, 11) is 6.15. The molecule has 0 amide bonds. The predicted molar refractivity (Wildman–Crippen MR) is 41.8 cm³/mol. The van der Waals surface area contributed by atoms with Gasteiger partial charge in [0, 0.05) is 0 Å². The molecule has 2 heteroatoms. The summed E-state index contributed by atoms with van der Waals surface area (Å²) in [4.78, 5) is 0. The van der Waals surface area contributed by atoms with Gasteiger partial charge in [0.1, 0.15) is 0 Å². The van der Waals surface area contributed by atoms with E-state index in [0.717, 1.165) is 7.87 Å². The summed E-state index contributed by atoms with van der Waals surface area (Å²) in [5, 5.41) is 0. The summed E-state index contributed by atoms with van der Waals surface area (Å²) in [6.07, 6.45) is 0. The van der Waals surface area contributed by atoms with Crippen molar-refractivity contribution < 1.29 is 0 Å². The minimum absolute atomic E-state index is 0.805. The quantitative estimate of drug-likeness (QED) is 0.651. The van der Waals surface area contributed by atoms with Crippen molar-refractivity contribution in [3.8, 4) is 0 Å². The Morgan fingerprint density at radius 3 is 1.25 bits per heavy atom. The fourth-order valence-electron chi connectivity index (χ4n) is 0.667. The van der Waals surface area contributed by atoms with Gasteiger partial charge in [-0.3, -0.25) is 0 Å². The van der Waals surface area contributed by atoms with Crippen LogP contribution in [0.5, 0.6) is 0 Å². The van der Waals surface area contributed by atoms with E-state index < -0.39 is 18.6 Å². The zero-order valence-electron chi connectivity index (χ0n) is 6.03. The van der Waals surface area contributed by atoms with Crippen LogP contribution in [0, 0.1) is 0 Å². The van der Waals surface area contributed by atoms with Gasteiger partial charge in [0.15, 0.2) is 0 Å². The molecular weight excluding hydrogens is 226 g/mol. The molecule has 0 aromatic heterocycles. The van der Waals surface area contributed by atoms with Crippen LogP contribution in [0.2, 0.25) is 7.87 Å². The first-order valence-electron chi connectivity index (χ1n) is 3.08. The van der Waals surface area contributed by atoms with Crippen LogP contribution in [0.1, 0.15) is 27.7 Å². The molecule has 0 saturated carbocycles. The van der Waals surface area contributed by atoms with Gasteiger partial charge in [-0.25, -0.2) is 0 Å². The van der Waals surface area contributed by atoms with Gasteiger partial charge in [0.05, 0.1) is 0 Å². The van der Waals surface area contributed by atoms with Crippen molar-refractivity contribution in [1.82, 2.24) is 0 Å². The minimum atomic E-state index is -1.38. The van der Waals surface area contributed by atoms with E-state index in [9.17, 15) is 0 Å². The second-order valence-corrected chi connectivity index (χ2v) is 14.4. The third kappa shape index (κ3) is 3.18. The van der Waals surface area contributed by atoms with Crippen molar-refractivity contribution in [2.75, 3.05) is 0 Å². The van der Waals surface area contributed by atoms with Crippen LogP contribution in [0.4, 0.5) is 0 Å². The summed E-state index contributed by atoms with van der Waals surface area (Å²) >= 11 is -1.38. The Labute approximate surface area is 63.1 Å². The van der Waals surface area contributed by atoms with Gasteiger partial charge in [-0.05, 0) is 0 Å². The molecular formula is C6H14ClSn. The maximum absolute atomic E-state index is 6.15. The molecule has 0 nitrogen and oxygen atoms in total. The van der Waals surface area contributed by atoms with E-state index in [4.69, 9.17) is 8.92 Å². The molecule has 0 spiro atoms. The van der Waals surface area contributed by atoms with E-state index >= 15 is 0 Å². The zero-order chi connectivity index (χ0) is 6.73. The van der Waals surface area contributed by atoms with Crippen molar-refractivity contribution in [3.63, 3.8) is 0 Å². The van der Waals surface area contributed by atoms with E-state index in [1.54, 1.807) is 0 Å². The van der Waals surface area contributed by atoms with Gasteiger partial charge in [-0.15, -0.1) is 0 Å². The average Bonchev–Trinajstić information content (AvgIpc) is 1.64. The Bertz CT molecular complexity index is 53.5. The molecule has 0 fully saturated rings. The Morgan fingerprint density at radius 1 is 1.00 bits per heavy atom. The molecule has 0 atom stereocenters. The van der Waals surface area contributed by atoms with Crippen LogP contribution in [-0.4, -0.2) is 18.6 Å². The SMILES string of the molecule is C[CH](C)[Sn]([Cl])[CH](C)C. The fourth-order valence-corrected chi connectivity index (χ4v) is 4.47. The van der Waals surface area contributed by atoms with Gasteiger partial charge >= 0.3 is 63.1 Å². The van der Waals surface area contributed by atoms with Crippen LogP contribution in [-0.2, 0) is 0 Å². The number of hydrogen-bond donors (Lipinski definition) is 0. The molecule has 0 N–H and O–H groups in total. The van der Waals surface area contributed by atoms with Crippen LogP contribution in [0.15, 0.2) is 0 Å². The van der Waals surface area contributed by atoms with Gasteiger partial charge in [-0.2, -0.15) is 0 Å². The normalized spacial score (nSPS) is 12.0. The Kier molecular flexibility index (Phi) is 4.54. The molecule has 0 bridgehead atoms. The molecule has 0 saturated heterocycles. The third-order valence-electron chi connectivity index (χ3n) is 1.10. The van der Waals surface area contributed by atoms with E-state index in [-0.39, 0.29) is 0 Å². The molecule has 0 aliphatic carbocycles. The van der Waals surface area contributed by atoms with Crippen molar-refractivity contribution in [2.24, 2.45) is 0 Å². The number of halogens is 1. The van der Waals surface area contributed by atoms with E-state index in [0.29, 0.717) is 0 Å². The molecule has 8 heavy (non-hydrogen) atoms. The molecule has 0 heterocycles. The molecule has 1 radical (unpaired) electrons. The average molecular weight is 240 g/mol. The van der Waals surface area contributed by atoms with Crippen molar-refractivity contribution in [1.29, 1.82) is 0 Å². The number of rotatable bonds is 2. The topological polar surface area (TPSA) is 0 Å². The number of hydrogen-bond acceptors (Lipinski definition) is 0. The predicted octanol–water partition coefficient (Wildman–Crippen LogP) is 3.04. The molecule has 0 aromatic carbocycles. The summed E-state index contributed by atoms with van der Waals surface area (Å²) < 4.78 is 1.61. The first-order chi connectivity index (χ1) is 3.55. The van der Waals surface area contributed by atoms with Crippen molar-refractivity contribution in [2.45, 2.75) is 35.6 Å². The van der Waals surface area contributed by atoms with E-state index in [2.05, 4.69) is 27.7 Å². The second kappa shape index (κ2) is 3.99. The molecule has 0 aliphatic rings.